The number of rotatable bonds is 8. The summed E-state index contributed by atoms with van der Waals surface area (Å²) in [6, 6.07) is 17.0. The second-order valence-corrected chi connectivity index (χ2v) is 9.60. The highest BCUT2D eigenvalue weighted by molar-refractivity contribution is 5.42. The summed E-state index contributed by atoms with van der Waals surface area (Å²) in [5, 5.41) is 4.93. The van der Waals surface area contributed by atoms with Crippen LogP contribution in [0.5, 0.6) is 0 Å². The summed E-state index contributed by atoms with van der Waals surface area (Å²) in [5.74, 6) is 2.79. The minimum atomic E-state index is 0.299. The molecule has 0 saturated heterocycles. The van der Waals surface area contributed by atoms with Gasteiger partial charge in [-0.3, -0.25) is 4.90 Å². The second-order valence-electron chi connectivity index (χ2n) is 9.60. The van der Waals surface area contributed by atoms with Crippen LogP contribution >= 0.6 is 0 Å². The number of hydrogen-bond donors (Lipinski definition) is 0. The van der Waals surface area contributed by atoms with Crippen LogP contribution in [0.4, 0.5) is 0 Å². The van der Waals surface area contributed by atoms with Crippen LogP contribution in [-0.2, 0) is 13.1 Å². The molecule has 176 valence electrons. The molecule has 5 nitrogen and oxygen atoms in total. The van der Waals surface area contributed by atoms with Crippen molar-refractivity contribution in [3.8, 4) is 5.69 Å². The molecular weight excluding hydrogens is 422 g/mol. The predicted molar refractivity (Wildman–Crippen MR) is 134 cm³/mol. The normalized spacial score (nSPS) is 17.9. The molecule has 3 heterocycles. The molecule has 1 aliphatic carbocycles. The molecule has 0 N–H and O–H groups in total. The van der Waals surface area contributed by atoms with Crippen molar-refractivity contribution in [2.75, 3.05) is 0 Å². The minimum absolute atomic E-state index is 0.299. The monoisotopic (exact) mass is 455 g/mol. The Kier molecular flexibility index (Phi) is 6.29. The van der Waals surface area contributed by atoms with E-state index in [4.69, 9.17) is 13.9 Å². The number of aromatic nitrogens is 2. The molecule has 1 aliphatic rings. The van der Waals surface area contributed by atoms with Crippen molar-refractivity contribution in [2.24, 2.45) is 0 Å². The van der Waals surface area contributed by atoms with Crippen LogP contribution in [0.25, 0.3) is 5.69 Å². The van der Waals surface area contributed by atoms with Gasteiger partial charge in [0.25, 0.3) is 0 Å². The molecule has 0 saturated carbocycles. The van der Waals surface area contributed by atoms with Gasteiger partial charge in [0, 0.05) is 23.2 Å². The van der Waals surface area contributed by atoms with E-state index in [1.807, 2.05) is 24.3 Å². The third-order valence-corrected chi connectivity index (χ3v) is 6.93. The molecule has 0 radical (unpaired) electrons. The van der Waals surface area contributed by atoms with Gasteiger partial charge in [0.05, 0.1) is 37.0 Å². The SMILES string of the molecule is Cc1nn(-c2ccc(C(C)C)cc2)c(C)c1[C@H]1C=C[C@@H](N(Cc2ccco2)Cc2ccco2)C1. The summed E-state index contributed by atoms with van der Waals surface area (Å²) in [4.78, 5) is 2.42. The average molecular weight is 456 g/mol. The Morgan fingerprint density at radius 2 is 1.59 bits per heavy atom. The number of furan rings is 2. The number of allylic oxidation sites excluding steroid dienone is 1. The van der Waals surface area contributed by atoms with Crippen LogP contribution in [0.3, 0.4) is 0 Å². The first kappa shape index (κ1) is 22.5. The fraction of sp³-hybridized carbons (Fsp3) is 0.345. The molecule has 5 heteroatoms. The highest BCUT2D eigenvalue weighted by Gasteiger charge is 2.30. The topological polar surface area (TPSA) is 47.3 Å². The lowest BCUT2D eigenvalue weighted by Crippen LogP contribution is -2.32. The van der Waals surface area contributed by atoms with Gasteiger partial charge in [-0.15, -0.1) is 0 Å². The Morgan fingerprint density at radius 1 is 0.941 bits per heavy atom. The molecule has 5 rings (SSSR count). The molecule has 0 spiro atoms. The van der Waals surface area contributed by atoms with E-state index >= 15 is 0 Å². The molecule has 0 unspecified atom stereocenters. The Labute approximate surface area is 201 Å². The van der Waals surface area contributed by atoms with Gasteiger partial charge in [0.1, 0.15) is 11.5 Å². The Bertz CT molecular complexity index is 1200. The van der Waals surface area contributed by atoms with Crippen molar-refractivity contribution in [3.05, 3.63) is 107 Å². The molecule has 3 aromatic heterocycles. The van der Waals surface area contributed by atoms with E-state index < -0.39 is 0 Å². The molecule has 34 heavy (non-hydrogen) atoms. The summed E-state index contributed by atoms with van der Waals surface area (Å²) in [5.41, 5.74) is 6.12. The highest BCUT2D eigenvalue weighted by Crippen LogP contribution is 2.36. The average Bonchev–Trinajstić information content (AvgIpc) is 3.62. The number of benzene rings is 1. The smallest absolute Gasteiger partial charge is 0.117 e. The molecular formula is C29H33N3O2. The lowest BCUT2D eigenvalue weighted by molar-refractivity contribution is 0.176. The van der Waals surface area contributed by atoms with Gasteiger partial charge in [-0.05, 0) is 68.1 Å². The van der Waals surface area contributed by atoms with E-state index in [-0.39, 0.29) is 0 Å². The van der Waals surface area contributed by atoms with Crippen LogP contribution < -0.4 is 0 Å². The van der Waals surface area contributed by atoms with Gasteiger partial charge in [-0.1, -0.05) is 38.1 Å². The van der Waals surface area contributed by atoms with Crippen LogP contribution in [0, 0.1) is 13.8 Å². The Morgan fingerprint density at radius 3 is 2.15 bits per heavy atom. The van der Waals surface area contributed by atoms with Gasteiger partial charge in [0.2, 0.25) is 0 Å². The first-order valence-electron chi connectivity index (χ1n) is 12.1. The van der Waals surface area contributed by atoms with Crippen LogP contribution in [0.15, 0.2) is 82.0 Å². The zero-order valence-electron chi connectivity index (χ0n) is 20.4. The van der Waals surface area contributed by atoms with Crippen LogP contribution in [0.2, 0.25) is 0 Å². The predicted octanol–water partition coefficient (Wildman–Crippen LogP) is 6.91. The van der Waals surface area contributed by atoms with Crippen molar-refractivity contribution >= 4 is 0 Å². The summed E-state index contributed by atoms with van der Waals surface area (Å²) >= 11 is 0. The summed E-state index contributed by atoms with van der Waals surface area (Å²) < 4.78 is 13.4. The molecule has 1 aromatic carbocycles. The Hall–Kier alpha value is -3.31. The maximum atomic E-state index is 5.66. The molecule has 0 aliphatic heterocycles. The molecule has 0 fully saturated rings. The molecule has 0 amide bonds. The van der Waals surface area contributed by atoms with Gasteiger partial charge in [0.15, 0.2) is 0 Å². The lowest BCUT2D eigenvalue weighted by atomic mass is 9.95. The maximum absolute atomic E-state index is 5.66. The number of hydrogen-bond acceptors (Lipinski definition) is 4. The van der Waals surface area contributed by atoms with Gasteiger partial charge in [-0.25, -0.2) is 4.68 Å². The van der Waals surface area contributed by atoms with E-state index in [1.165, 1.54) is 16.8 Å². The van der Waals surface area contributed by atoms with E-state index in [9.17, 15) is 0 Å². The van der Waals surface area contributed by atoms with Crippen LogP contribution in [-0.4, -0.2) is 20.7 Å². The van der Waals surface area contributed by atoms with E-state index in [0.717, 1.165) is 42.4 Å². The molecule has 2 atom stereocenters. The van der Waals surface area contributed by atoms with Gasteiger partial charge in [-0.2, -0.15) is 5.10 Å². The van der Waals surface area contributed by atoms with Crippen molar-refractivity contribution in [3.63, 3.8) is 0 Å². The number of nitrogens with zero attached hydrogens (tertiary/aromatic N) is 3. The summed E-state index contributed by atoms with van der Waals surface area (Å²) in [6.07, 6.45) is 9.18. The summed E-state index contributed by atoms with van der Waals surface area (Å²) in [6.45, 7) is 10.3. The zero-order valence-corrected chi connectivity index (χ0v) is 20.4. The third-order valence-electron chi connectivity index (χ3n) is 6.93. The van der Waals surface area contributed by atoms with Crippen molar-refractivity contribution < 1.29 is 8.83 Å². The highest BCUT2D eigenvalue weighted by atomic mass is 16.3. The minimum Gasteiger partial charge on any atom is -0.468 e. The van der Waals surface area contributed by atoms with Crippen LogP contribution in [0.1, 0.15) is 66.1 Å². The Balaban J connectivity index is 1.37. The first-order valence-corrected chi connectivity index (χ1v) is 12.1. The van der Waals surface area contributed by atoms with Crippen molar-refractivity contribution in [1.29, 1.82) is 0 Å². The standard InChI is InChI=1S/C29H33N3O2/c1-20(2)23-9-12-25(13-10-23)32-22(4)29(21(3)30-32)24-11-14-26(17-24)31(18-27-7-5-15-33-27)19-28-8-6-16-34-28/h5-16,20,24,26H,17-19H2,1-4H3/t24-,26+/m0/s1. The van der Waals surface area contributed by atoms with E-state index in [1.54, 1.807) is 12.5 Å². The summed E-state index contributed by atoms with van der Waals surface area (Å²) in [7, 11) is 0. The molecule has 4 aromatic rings. The third kappa shape index (κ3) is 4.53. The van der Waals surface area contributed by atoms with E-state index in [0.29, 0.717) is 17.9 Å². The van der Waals surface area contributed by atoms with Crippen molar-refractivity contribution in [2.45, 2.75) is 65.1 Å². The largest absolute Gasteiger partial charge is 0.468 e. The van der Waals surface area contributed by atoms with Gasteiger partial charge >= 0.3 is 0 Å². The second kappa shape index (κ2) is 9.51. The molecule has 0 bridgehead atoms. The number of aryl methyl sites for hydroxylation is 1. The van der Waals surface area contributed by atoms with E-state index in [2.05, 4.69) is 73.7 Å². The fourth-order valence-corrected chi connectivity index (χ4v) is 5.10. The zero-order chi connectivity index (χ0) is 23.7. The maximum Gasteiger partial charge on any atom is 0.117 e. The lowest BCUT2D eigenvalue weighted by Gasteiger charge is -2.27. The van der Waals surface area contributed by atoms with Gasteiger partial charge < -0.3 is 8.83 Å². The quantitative estimate of drug-likeness (QED) is 0.271. The fourth-order valence-electron chi connectivity index (χ4n) is 5.10. The first-order chi connectivity index (χ1) is 16.5. The van der Waals surface area contributed by atoms with Crippen molar-refractivity contribution in [1.82, 2.24) is 14.7 Å².